The molecular formula is C21H23ClN4O3. The topological polar surface area (TPSA) is 81.8 Å². The molecule has 0 spiro atoms. The zero-order valence-electron chi connectivity index (χ0n) is 16.5. The fraction of sp³-hybridized carbons (Fsp3) is 0.286. The molecule has 0 bridgehead atoms. The van der Waals surface area contributed by atoms with Gasteiger partial charge in [0.05, 0.1) is 16.4 Å². The smallest absolute Gasteiger partial charge is 0.325 e. The highest BCUT2D eigenvalue weighted by Gasteiger charge is 2.51. The van der Waals surface area contributed by atoms with Crippen LogP contribution in [0.15, 0.2) is 48.5 Å². The quantitative estimate of drug-likeness (QED) is 0.711. The molecule has 2 N–H and O–H groups in total. The molecule has 0 aliphatic carbocycles. The fourth-order valence-corrected chi connectivity index (χ4v) is 3.88. The Morgan fingerprint density at radius 2 is 1.83 bits per heavy atom. The van der Waals surface area contributed by atoms with E-state index in [4.69, 9.17) is 11.6 Å². The first-order valence-corrected chi connectivity index (χ1v) is 9.63. The van der Waals surface area contributed by atoms with Crippen LogP contribution in [0.1, 0.15) is 18.9 Å². The van der Waals surface area contributed by atoms with E-state index in [1.165, 1.54) is 0 Å². The van der Waals surface area contributed by atoms with Crippen molar-refractivity contribution in [2.75, 3.05) is 30.9 Å². The summed E-state index contributed by atoms with van der Waals surface area (Å²) < 4.78 is 0. The Labute approximate surface area is 174 Å². The Morgan fingerprint density at radius 1 is 1.14 bits per heavy atom. The molecule has 152 valence electrons. The lowest BCUT2D eigenvalue weighted by molar-refractivity contribution is -0.134. The van der Waals surface area contributed by atoms with Gasteiger partial charge in [-0.15, -0.1) is 0 Å². The maximum atomic E-state index is 13.1. The van der Waals surface area contributed by atoms with Crippen LogP contribution in [0.2, 0.25) is 5.02 Å². The van der Waals surface area contributed by atoms with Crippen molar-refractivity contribution in [1.82, 2.24) is 10.2 Å². The Balaban J connectivity index is 1.81. The number of benzene rings is 2. The average molecular weight is 415 g/mol. The molecule has 7 nitrogen and oxygen atoms in total. The molecule has 1 unspecified atom stereocenters. The van der Waals surface area contributed by atoms with E-state index in [0.29, 0.717) is 28.4 Å². The summed E-state index contributed by atoms with van der Waals surface area (Å²) in [5, 5.41) is 6.00. The predicted octanol–water partition coefficient (Wildman–Crippen LogP) is 3.20. The number of imide groups is 1. The predicted molar refractivity (Wildman–Crippen MR) is 113 cm³/mol. The number of halogens is 1. The average Bonchev–Trinajstić information content (AvgIpc) is 2.93. The van der Waals surface area contributed by atoms with E-state index >= 15 is 0 Å². The fourth-order valence-electron chi connectivity index (χ4n) is 3.54. The van der Waals surface area contributed by atoms with Gasteiger partial charge in [0.2, 0.25) is 5.91 Å². The van der Waals surface area contributed by atoms with Crippen LogP contribution in [0.4, 0.5) is 16.2 Å². The summed E-state index contributed by atoms with van der Waals surface area (Å²) in [5.41, 5.74) is 0.675. The zero-order valence-corrected chi connectivity index (χ0v) is 17.3. The molecule has 29 heavy (non-hydrogen) atoms. The molecule has 2 aromatic carbocycles. The molecule has 1 heterocycles. The van der Waals surface area contributed by atoms with Crippen molar-refractivity contribution in [3.63, 3.8) is 0 Å². The standard InChI is InChI=1S/C21H23ClN4O3/c1-4-21(14-9-6-5-7-10-14)19(28)26(20(29)24-21)13-17(27)23-16-12-8-11-15(22)18(16)25(2)3/h5-12H,4,13H2,1-3H3,(H,23,27)(H,24,29). The molecule has 3 rings (SSSR count). The van der Waals surface area contributed by atoms with Gasteiger partial charge in [0.1, 0.15) is 12.1 Å². The maximum Gasteiger partial charge on any atom is 0.325 e. The number of nitrogens with zero attached hydrogens (tertiary/aromatic N) is 2. The number of nitrogens with one attached hydrogen (secondary N) is 2. The van der Waals surface area contributed by atoms with Gasteiger partial charge in [-0.1, -0.05) is 54.9 Å². The number of urea groups is 1. The molecule has 8 heteroatoms. The van der Waals surface area contributed by atoms with Crippen molar-refractivity contribution in [2.45, 2.75) is 18.9 Å². The van der Waals surface area contributed by atoms with Crippen LogP contribution in [0.5, 0.6) is 0 Å². The summed E-state index contributed by atoms with van der Waals surface area (Å²) in [6.45, 7) is 1.43. The minimum Gasteiger partial charge on any atom is -0.375 e. The number of anilines is 2. The number of amides is 4. The van der Waals surface area contributed by atoms with Crippen LogP contribution in [-0.4, -0.2) is 43.4 Å². The van der Waals surface area contributed by atoms with Gasteiger partial charge >= 0.3 is 6.03 Å². The second-order valence-electron chi connectivity index (χ2n) is 7.02. The second-order valence-corrected chi connectivity index (χ2v) is 7.43. The molecule has 0 aromatic heterocycles. The first-order chi connectivity index (χ1) is 13.8. The molecule has 2 aromatic rings. The normalized spacial score (nSPS) is 18.6. The second kappa shape index (κ2) is 8.13. The Bertz CT molecular complexity index is 948. The van der Waals surface area contributed by atoms with E-state index in [1.54, 1.807) is 35.2 Å². The number of hydrogen-bond acceptors (Lipinski definition) is 4. The summed E-state index contributed by atoms with van der Waals surface area (Å²) in [7, 11) is 3.62. The van der Waals surface area contributed by atoms with Gasteiger partial charge in [-0.25, -0.2) is 4.79 Å². The van der Waals surface area contributed by atoms with Crippen molar-refractivity contribution < 1.29 is 14.4 Å². The van der Waals surface area contributed by atoms with Gasteiger partial charge in [-0.2, -0.15) is 0 Å². The third kappa shape index (κ3) is 3.78. The van der Waals surface area contributed by atoms with E-state index in [2.05, 4.69) is 10.6 Å². The van der Waals surface area contributed by atoms with Crippen molar-refractivity contribution >= 4 is 40.8 Å². The lowest BCUT2D eigenvalue weighted by atomic mass is 9.87. The molecule has 0 saturated carbocycles. The largest absolute Gasteiger partial charge is 0.375 e. The summed E-state index contributed by atoms with van der Waals surface area (Å²) in [4.78, 5) is 41.0. The van der Waals surface area contributed by atoms with Crippen molar-refractivity contribution in [3.8, 4) is 0 Å². The molecule has 1 aliphatic rings. The highest BCUT2D eigenvalue weighted by Crippen LogP contribution is 2.34. The van der Waals surface area contributed by atoms with Crippen LogP contribution >= 0.6 is 11.6 Å². The van der Waals surface area contributed by atoms with Crippen molar-refractivity contribution in [1.29, 1.82) is 0 Å². The number of carbonyl (C=O) groups excluding carboxylic acids is 3. The minimum atomic E-state index is -1.16. The molecule has 4 amide bonds. The van der Waals surface area contributed by atoms with Gasteiger partial charge in [0.25, 0.3) is 5.91 Å². The molecule has 1 fully saturated rings. The molecule has 1 atom stereocenters. The number of para-hydroxylation sites is 1. The van der Waals surface area contributed by atoms with Crippen LogP contribution in [0.25, 0.3) is 0 Å². The van der Waals surface area contributed by atoms with Gasteiger partial charge < -0.3 is 15.5 Å². The lowest BCUT2D eigenvalue weighted by Gasteiger charge is -2.25. The summed E-state index contributed by atoms with van der Waals surface area (Å²) in [6, 6.07) is 13.6. The summed E-state index contributed by atoms with van der Waals surface area (Å²) in [6.07, 6.45) is 0.374. The summed E-state index contributed by atoms with van der Waals surface area (Å²) >= 11 is 6.23. The zero-order chi connectivity index (χ0) is 21.2. The molecular weight excluding hydrogens is 392 g/mol. The first kappa shape index (κ1) is 20.7. The summed E-state index contributed by atoms with van der Waals surface area (Å²) in [5.74, 6) is -0.927. The third-order valence-corrected chi connectivity index (χ3v) is 5.29. The third-order valence-electron chi connectivity index (χ3n) is 4.98. The van der Waals surface area contributed by atoms with E-state index in [9.17, 15) is 14.4 Å². The Hall–Kier alpha value is -3.06. The van der Waals surface area contributed by atoms with Crippen molar-refractivity contribution in [2.24, 2.45) is 0 Å². The van der Waals surface area contributed by atoms with Gasteiger partial charge in [0.15, 0.2) is 0 Å². The Kier molecular flexibility index (Phi) is 5.79. The molecule has 1 saturated heterocycles. The van der Waals surface area contributed by atoms with E-state index in [0.717, 1.165) is 4.90 Å². The monoisotopic (exact) mass is 414 g/mol. The van der Waals surface area contributed by atoms with Gasteiger partial charge in [-0.3, -0.25) is 14.5 Å². The van der Waals surface area contributed by atoms with E-state index < -0.39 is 29.9 Å². The lowest BCUT2D eigenvalue weighted by Crippen LogP contribution is -2.44. The van der Waals surface area contributed by atoms with Gasteiger partial charge in [0, 0.05) is 14.1 Å². The highest BCUT2D eigenvalue weighted by atomic mass is 35.5. The minimum absolute atomic E-state index is 0.374. The first-order valence-electron chi connectivity index (χ1n) is 9.25. The highest BCUT2D eigenvalue weighted by molar-refractivity contribution is 6.34. The van der Waals surface area contributed by atoms with Crippen LogP contribution in [0.3, 0.4) is 0 Å². The van der Waals surface area contributed by atoms with Crippen LogP contribution < -0.4 is 15.5 Å². The van der Waals surface area contributed by atoms with Crippen molar-refractivity contribution in [3.05, 3.63) is 59.1 Å². The number of rotatable bonds is 6. The molecule has 0 radical (unpaired) electrons. The van der Waals surface area contributed by atoms with E-state index in [-0.39, 0.29) is 0 Å². The maximum absolute atomic E-state index is 13.1. The number of hydrogen-bond donors (Lipinski definition) is 2. The Morgan fingerprint density at radius 3 is 2.45 bits per heavy atom. The van der Waals surface area contributed by atoms with E-state index in [1.807, 2.05) is 39.2 Å². The SMILES string of the molecule is CCC1(c2ccccc2)NC(=O)N(CC(=O)Nc2cccc(Cl)c2N(C)C)C1=O. The van der Waals surface area contributed by atoms with Crippen LogP contribution in [-0.2, 0) is 15.1 Å². The van der Waals surface area contributed by atoms with Gasteiger partial charge in [-0.05, 0) is 24.1 Å². The van der Waals surface area contributed by atoms with Crippen LogP contribution in [0, 0.1) is 0 Å². The number of carbonyl (C=O) groups is 3. The molecule has 1 aliphatic heterocycles.